The zero-order valence-electron chi connectivity index (χ0n) is 19.8. The van der Waals surface area contributed by atoms with Crippen LogP contribution in [0.25, 0.3) is 0 Å². The first-order valence-electron chi connectivity index (χ1n) is 11.6. The van der Waals surface area contributed by atoms with Crippen LogP contribution in [0.5, 0.6) is 0 Å². The van der Waals surface area contributed by atoms with Gasteiger partial charge in [0.05, 0.1) is 0 Å². The number of hydrogen-bond acceptors (Lipinski definition) is 2. The van der Waals surface area contributed by atoms with Gasteiger partial charge < -0.3 is 0 Å². The zero-order chi connectivity index (χ0) is 21.4. The van der Waals surface area contributed by atoms with Crippen molar-refractivity contribution in [2.45, 2.75) is 58.5 Å². The van der Waals surface area contributed by atoms with Crippen molar-refractivity contribution in [3.8, 4) is 0 Å². The van der Waals surface area contributed by atoms with Gasteiger partial charge in [0.1, 0.15) is 0 Å². The van der Waals surface area contributed by atoms with Crippen LogP contribution in [-0.2, 0) is 4.09 Å². The third kappa shape index (κ3) is 5.62. The molecule has 0 bridgehead atoms. The van der Waals surface area contributed by atoms with E-state index >= 15 is 0 Å². The molecule has 154 valence electrons. The molecule has 0 aliphatic carbocycles. The minimum atomic E-state index is 0.0268. The molecular formula is C26H39LiN2. The van der Waals surface area contributed by atoms with Gasteiger partial charge in [0.15, 0.2) is 0 Å². The Kier molecular flexibility index (Phi) is 9.19. The van der Waals surface area contributed by atoms with E-state index in [0.717, 1.165) is 26.2 Å². The Balaban J connectivity index is 2.43. The van der Waals surface area contributed by atoms with Crippen LogP contribution in [0, 0.1) is 5.92 Å². The summed E-state index contributed by atoms with van der Waals surface area (Å²) < 4.78 is 0.0268. The van der Waals surface area contributed by atoms with Gasteiger partial charge in [-0.15, -0.1) is 0 Å². The average molecular weight is 387 g/mol. The summed E-state index contributed by atoms with van der Waals surface area (Å²) in [6.07, 6.45) is 2.38. The van der Waals surface area contributed by atoms with E-state index in [0.29, 0.717) is 5.92 Å². The van der Waals surface area contributed by atoms with Crippen LogP contribution in [0.2, 0.25) is 0 Å². The molecule has 1 atom stereocenters. The second-order valence-electron chi connectivity index (χ2n) is 8.49. The second-order valence-corrected chi connectivity index (χ2v) is 8.49. The van der Waals surface area contributed by atoms with Crippen LogP contribution in [0.4, 0.5) is 11.4 Å². The van der Waals surface area contributed by atoms with E-state index in [2.05, 4.69) is 118 Å². The first kappa shape index (κ1) is 23.9. The average Bonchev–Trinajstić information content (AvgIpc) is 2.76. The van der Waals surface area contributed by atoms with Gasteiger partial charge in [-0.3, -0.25) is 0 Å². The summed E-state index contributed by atoms with van der Waals surface area (Å²) in [5.74, 6) is 0.685. The van der Waals surface area contributed by atoms with Crippen molar-refractivity contribution in [1.29, 1.82) is 0 Å². The van der Waals surface area contributed by atoms with Gasteiger partial charge in [-0.1, -0.05) is 0 Å². The van der Waals surface area contributed by atoms with E-state index in [1.165, 1.54) is 35.3 Å². The van der Waals surface area contributed by atoms with Crippen molar-refractivity contribution in [1.82, 2.24) is 0 Å². The number of nitrogens with zero attached hydrogens (tertiary/aromatic N) is 2. The van der Waals surface area contributed by atoms with Crippen molar-refractivity contribution in [3.05, 3.63) is 59.7 Å². The first-order chi connectivity index (χ1) is 13.9. The van der Waals surface area contributed by atoms with E-state index in [1.54, 1.807) is 0 Å². The fourth-order valence-electron chi connectivity index (χ4n) is 4.50. The molecule has 2 aromatic rings. The molecule has 29 heavy (non-hydrogen) atoms. The minimum absolute atomic E-state index is 0.0268. The number of anilines is 2. The molecule has 0 amide bonds. The van der Waals surface area contributed by atoms with Crippen molar-refractivity contribution in [3.63, 3.8) is 0 Å². The summed E-state index contributed by atoms with van der Waals surface area (Å²) >= 11 is 2.43. The summed E-state index contributed by atoms with van der Waals surface area (Å²) in [5, 5.41) is 0. The summed E-state index contributed by atoms with van der Waals surface area (Å²) in [4.78, 5) is 4.82. The molecule has 0 spiro atoms. The van der Waals surface area contributed by atoms with Gasteiger partial charge in [0.25, 0.3) is 0 Å². The van der Waals surface area contributed by atoms with Crippen molar-refractivity contribution >= 4 is 29.1 Å². The monoisotopic (exact) mass is 386 g/mol. The Labute approximate surface area is 188 Å². The van der Waals surface area contributed by atoms with Gasteiger partial charge >= 0.3 is 189 Å². The molecule has 0 saturated heterocycles. The Morgan fingerprint density at radius 1 is 0.690 bits per heavy atom. The molecule has 0 N–H and O–H groups in total. The maximum absolute atomic E-state index is 2.43. The molecule has 0 fully saturated rings. The molecule has 0 heterocycles. The SMILES string of the molecule is [Li][C](CC(C)CC)(c1ccc(N(CC)CC)cc1)c1ccc(N(CC)CC)cc1. The Morgan fingerprint density at radius 2 is 1.03 bits per heavy atom. The van der Waals surface area contributed by atoms with Gasteiger partial charge in [0, 0.05) is 0 Å². The molecule has 2 rings (SSSR count). The summed E-state index contributed by atoms with van der Waals surface area (Å²) in [7, 11) is 0. The molecule has 3 heteroatoms. The van der Waals surface area contributed by atoms with Crippen LogP contribution in [-0.4, -0.2) is 43.9 Å². The summed E-state index contributed by atoms with van der Waals surface area (Å²) in [6.45, 7) is 17.8. The predicted molar refractivity (Wildman–Crippen MR) is 131 cm³/mol. The Morgan fingerprint density at radius 3 is 1.31 bits per heavy atom. The third-order valence-corrected chi connectivity index (χ3v) is 6.72. The first-order valence-corrected chi connectivity index (χ1v) is 11.6. The van der Waals surface area contributed by atoms with Crippen molar-refractivity contribution < 1.29 is 0 Å². The fourth-order valence-corrected chi connectivity index (χ4v) is 4.50. The van der Waals surface area contributed by atoms with Crippen LogP contribution in [0.1, 0.15) is 65.5 Å². The van der Waals surface area contributed by atoms with Gasteiger partial charge in [-0.2, -0.15) is 0 Å². The van der Waals surface area contributed by atoms with E-state index in [9.17, 15) is 0 Å². The Bertz CT molecular complexity index is 660. The number of hydrogen-bond donors (Lipinski definition) is 0. The van der Waals surface area contributed by atoms with Crippen molar-refractivity contribution in [2.24, 2.45) is 5.92 Å². The molecular weight excluding hydrogens is 347 g/mol. The van der Waals surface area contributed by atoms with Crippen LogP contribution >= 0.6 is 0 Å². The van der Waals surface area contributed by atoms with E-state index in [-0.39, 0.29) is 4.09 Å². The molecule has 2 aromatic carbocycles. The maximum atomic E-state index is 2.43. The van der Waals surface area contributed by atoms with E-state index in [1.807, 2.05) is 0 Å². The molecule has 0 aliphatic rings. The quantitative estimate of drug-likeness (QED) is 0.423. The number of benzene rings is 2. The zero-order valence-corrected chi connectivity index (χ0v) is 19.8. The molecule has 1 unspecified atom stereocenters. The van der Waals surface area contributed by atoms with Gasteiger partial charge in [-0.25, -0.2) is 0 Å². The Hall–Kier alpha value is -1.36. The topological polar surface area (TPSA) is 6.48 Å². The fraction of sp³-hybridized carbons (Fsp3) is 0.538. The standard InChI is InChI=1S/C26H39N2.Li/c1-7-21(6)20-26(22-12-16-24(17-13-22)27(8-2)9-3)23-14-18-25(19-15-23)28(10-4)11-5;/h12-19,21H,7-11,20H2,1-6H3;. The molecule has 0 aromatic heterocycles. The van der Waals surface area contributed by atoms with Gasteiger partial charge in [0.2, 0.25) is 0 Å². The summed E-state index contributed by atoms with van der Waals surface area (Å²) in [5.41, 5.74) is 5.48. The van der Waals surface area contributed by atoms with Crippen LogP contribution in [0.15, 0.2) is 48.5 Å². The van der Waals surface area contributed by atoms with Crippen LogP contribution < -0.4 is 9.80 Å². The van der Waals surface area contributed by atoms with Gasteiger partial charge in [-0.05, 0) is 0 Å². The molecule has 0 aliphatic heterocycles. The van der Waals surface area contributed by atoms with Crippen LogP contribution in [0.3, 0.4) is 0 Å². The van der Waals surface area contributed by atoms with E-state index < -0.39 is 0 Å². The normalized spacial score (nSPS) is 12.7. The molecule has 0 saturated carbocycles. The number of rotatable bonds is 11. The van der Waals surface area contributed by atoms with E-state index in [4.69, 9.17) is 0 Å². The molecule has 2 nitrogen and oxygen atoms in total. The van der Waals surface area contributed by atoms with Crippen molar-refractivity contribution in [2.75, 3.05) is 36.0 Å². The third-order valence-electron chi connectivity index (χ3n) is 6.72. The predicted octanol–water partition coefficient (Wildman–Crippen LogP) is 6.23. The summed E-state index contributed by atoms with van der Waals surface area (Å²) in [6, 6.07) is 18.7. The molecule has 0 radical (unpaired) electrons. The second kappa shape index (κ2) is 11.1.